The van der Waals surface area contributed by atoms with Gasteiger partial charge in [-0.3, -0.25) is 9.69 Å². The summed E-state index contributed by atoms with van der Waals surface area (Å²) in [5.74, 6) is 0.253. The average Bonchev–Trinajstić information content (AvgIpc) is 3.26. The van der Waals surface area contributed by atoms with Crippen LogP contribution in [0.15, 0.2) is 36.2 Å². The SMILES string of the molecule is CCCCN1C(=O)/C(=C\c2ccc(OC)c(Cn3ccc([N+](=O)[O-])n3)c2)NC1=S. The maximum atomic E-state index is 12.6. The van der Waals surface area contributed by atoms with Crippen LogP contribution in [0.2, 0.25) is 0 Å². The summed E-state index contributed by atoms with van der Waals surface area (Å²) in [5.41, 5.74) is 1.96. The molecule has 1 N–H and O–H groups in total. The van der Waals surface area contributed by atoms with E-state index in [2.05, 4.69) is 17.3 Å². The summed E-state index contributed by atoms with van der Waals surface area (Å²) in [7, 11) is 1.55. The molecule has 0 spiro atoms. The summed E-state index contributed by atoms with van der Waals surface area (Å²) >= 11 is 5.27. The molecule has 1 amide bonds. The van der Waals surface area contributed by atoms with Gasteiger partial charge in [0.05, 0.1) is 31.0 Å². The zero-order chi connectivity index (χ0) is 21.0. The molecule has 3 rings (SSSR count). The molecule has 29 heavy (non-hydrogen) atoms. The number of unbranched alkanes of at least 4 members (excludes halogenated alkanes) is 1. The van der Waals surface area contributed by atoms with Crippen molar-refractivity contribution in [3.63, 3.8) is 0 Å². The molecule has 1 aliphatic heterocycles. The molecule has 0 aliphatic carbocycles. The van der Waals surface area contributed by atoms with Crippen molar-refractivity contribution in [3.05, 3.63) is 57.4 Å². The zero-order valence-electron chi connectivity index (χ0n) is 16.1. The van der Waals surface area contributed by atoms with Crippen molar-refractivity contribution in [1.82, 2.24) is 20.0 Å². The molecule has 2 heterocycles. The summed E-state index contributed by atoms with van der Waals surface area (Å²) in [5, 5.41) is 18.1. The number of nitrogens with zero attached hydrogens (tertiary/aromatic N) is 4. The Labute approximate surface area is 173 Å². The minimum absolute atomic E-state index is 0.150. The largest absolute Gasteiger partial charge is 0.496 e. The van der Waals surface area contributed by atoms with Crippen LogP contribution in [0.1, 0.15) is 30.9 Å². The van der Waals surface area contributed by atoms with Crippen LogP contribution in [-0.2, 0) is 11.3 Å². The van der Waals surface area contributed by atoms with Gasteiger partial charge in [-0.2, -0.15) is 4.68 Å². The third-order valence-electron chi connectivity index (χ3n) is 4.46. The van der Waals surface area contributed by atoms with Gasteiger partial charge in [-0.25, -0.2) is 0 Å². The molecule has 1 saturated heterocycles. The molecular formula is C19H21N5O4S. The van der Waals surface area contributed by atoms with E-state index in [0.717, 1.165) is 24.0 Å². The number of benzene rings is 1. The highest BCUT2D eigenvalue weighted by atomic mass is 32.1. The zero-order valence-corrected chi connectivity index (χ0v) is 16.9. The summed E-state index contributed by atoms with van der Waals surface area (Å²) in [6.45, 7) is 2.93. The lowest BCUT2D eigenvalue weighted by Gasteiger charge is -2.12. The highest BCUT2D eigenvalue weighted by Gasteiger charge is 2.29. The van der Waals surface area contributed by atoms with Crippen LogP contribution in [-0.4, -0.2) is 44.3 Å². The maximum absolute atomic E-state index is 12.6. The molecular weight excluding hydrogens is 394 g/mol. The Kier molecular flexibility index (Phi) is 6.23. The van der Waals surface area contributed by atoms with E-state index in [9.17, 15) is 14.9 Å². The number of nitro groups is 1. The third-order valence-corrected chi connectivity index (χ3v) is 4.78. The summed E-state index contributed by atoms with van der Waals surface area (Å²) in [6, 6.07) is 6.80. The first kappa shape index (κ1) is 20.5. The molecule has 152 valence electrons. The van der Waals surface area contributed by atoms with Gasteiger partial charge in [-0.15, -0.1) is 0 Å². The number of aromatic nitrogens is 2. The number of ether oxygens (including phenoxy) is 1. The second-order valence-electron chi connectivity index (χ2n) is 6.50. The molecule has 0 bridgehead atoms. The number of amides is 1. The van der Waals surface area contributed by atoms with Gasteiger partial charge in [0.2, 0.25) is 0 Å². The van der Waals surface area contributed by atoms with Crippen molar-refractivity contribution < 1.29 is 14.5 Å². The molecule has 9 nitrogen and oxygen atoms in total. The van der Waals surface area contributed by atoms with Crippen LogP contribution in [0.25, 0.3) is 6.08 Å². The van der Waals surface area contributed by atoms with E-state index >= 15 is 0 Å². The lowest BCUT2D eigenvalue weighted by molar-refractivity contribution is -0.389. The first-order chi connectivity index (χ1) is 13.9. The van der Waals surface area contributed by atoms with Crippen molar-refractivity contribution in [2.24, 2.45) is 0 Å². The quantitative estimate of drug-likeness (QED) is 0.306. The van der Waals surface area contributed by atoms with E-state index in [-0.39, 0.29) is 18.3 Å². The normalized spacial score (nSPS) is 15.1. The Bertz CT molecular complexity index is 985. The fourth-order valence-corrected chi connectivity index (χ4v) is 3.26. The van der Waals surface area contributed by atoms with E-state index in [1.807, 2.05) is 12.1 Å². The minimum Gasteiger partial charge on any atom is -0.496 e. The second-order valence-corrected chi connectivity index (χ2v) is 6.89. The van der Waals surface area contributed by atoms with Crippen molar-refractivity contribution in [2.45, 2.75) is 26.3 Å². The second kappa shape index (κ2) is 8.82. The van der Waals surface area contributed by atoms with Gasteiger partial charge in [0.25, 0.3) is 5.91 Å². The molecule has 2 aromatic rings. The Balaban J connectivity index is 1.84. The van der Waals surface area contributed by atoms with Crippen LogP contribution in [0, 0.1) is 10.1 Å². The number of carbonyl (C=O) groups excluding carboxylic acids is 1. The van der Waals surface area contributed by atoms with Crippen LogP contribution in [0.3, 0.4) is 0 Å². The lowest BCUT2D eigenvalue weighted by Crippen LogP contribution is -2.31. The molecule has 0 saturated carbocycles. The topological polar surface area (TPSA) is 103 Å². The van der Waals surface area contributed by atoms with Crippen molar-refractivity contribution >= 4 is 35.1 Å². The van der Waals surface area contributed by atoms with Gasteiger partial charge in [-0.05, 0) is 47.3 Å². The number of nitrogens with one attached hydrogen (secondary N) is 1. The van der Waals surface area contributed by atoms with Gasteiger partial charge in [0, 0.05) is 12.1 Å². The number of hydrogen-bond acceptors (Lipinski definition) is 6. The maximum Gasteiger partial charge on any atom is 0.389 e. The number of hydrogen-bond donors (Lipinski definition) is 1. The van der Waals surface area contributed by atoms with Crippen LogP contribution in [0.4, 0.5) is 5.82 Å². The van der Waals surface area contributed by atoms with Crippen molar-refractivity contribution in [2.75, 3.05) is 13.7 Å². The highest BCUT2D eigenvalue weighted by Crippen LogP contribution is 2.24. The lowest BCUT2D eigenvalue weighted by atomic mass is 10.1. The molecule has 1 aliphatic rings. The van der Waals surface area contributed by atoms with E-state index in [4.69, 9.17) is 17.0 Å². The van der Waals surface area contributed by atoms with E-state index in [1.54, 1.807) is 24.2 Å². The summed E-state index contributed by atoms with van der Waals surface area (Å²) < 4.78 is 6.85. The number of methoxy groups -OCH3 is 1. The number of thiocarbonyl (C=S) groups is 1. The molecule has 0 unspecified atom stereocenters. The van der Waals surface area contributed by atoms with E-state index < -0.39 is 4.92 Å². The first-order valence-electron chi connectivity index (χ1n) is 9.12. The molecule has 0 radical (unpaired) electrons. The Morgan fingerprint density at radius 2 is 2.17 bits per heavy atom. The van der Waals surface area contributed by atoms with Gasteiger partial charge >= 0.3 is 5.82 Å². The van der Waals surface area contributed by atoms with Crippen molar-refractivity contribution in [3.8, 4) is 5.75 Å². The molecule has 1 aromatic heterocycles. The molecule has 0 atom stereocenters. The predicted octanol–water partition coefficient (Wildman–Crippen LogP) is 2.71. The highest BCUT2D eigenvalue weighted by molar-refractivity contribution is 7.80. The van der Waals surface area contributed by atoms with E-state index in [1.165, 1.54) is 16.9 Å². The number of rotatable bonds is 8. The van der Waals surface area contributed by atoms with Gasteiger partial charge < -0.3 is 20.2 Å². The van der Waals surface area contributed by atoms with E-state index in [0.29, 0.717) is 23.1 Å². The van der Waals surface area contributed by atoms with Crippen LogP contribution >= 0.6 is 12.2 Å². The predicted molar refractivity (Wildman–Crippen MR) is 111 cm³/mol. The summed E-state index contributed by atoms with van der Waals surface area (Å²) in [6.07, 6.45) is 5.12. The molecule has 10 heteroatoms. The Morgan fingerprint density at radius 3 is 2.83 bits per heavy atom. The Morgan fingerprint density at radius 1 is 1.38 bits per heavy atom. The van der Waals surface area contributed by atoms with Gasteiger partial charge in [-0.1, -0.05) is 19.4 Å². The molecule has 1 fully saturated rings. The fraction of sp³-hybridized carbons (Fsp3) is 0.316. The smallest absolute Gasteiger partial charge is 0.389 e. The van der Waals surface area contributed by atoms with Gasteiger partial charge in [0.15, 0.2) is 5.11 Å². The minimum atomic E-state index is -0.543. The van der Waals surface area contributed by atoms with Crippen LogP contribution in [0.5, 0.6) is 5.75 Å². The standard InChI is InChI=1S/C19H21N5O4S/c1-3-4-8-23-18(25)15(20-19(23)29)11-13-5-6-16(28-2)14(10-13)12-22-9-7-17(21-22)24(26)27/h5-7,9-11H,3-4,8,12H2,1-2H3,(H,20,29)/b15-11+. The first-order valence-corrected chi connectivity index (χ1v) is 9.53. The average molecular weight is 415 g/mol. The summed E-state index contributed by atoms with van der Waals surface area (Å²) in [4.78, 5) is 24.5. The van der Waals surface area contributed by atoms with Crippen molar-refractivity contribution in [1.29, 1.82) is 0 Å². The molecule has 1 aromatic carbocycles. The number of carbonyl (C=O) groups is 1. The van der Waals surface area contributed by atoms with Crippen LogP contribution < -0.4 is 10.1 Å². The monoisotopic (exact) mass is 415 g/mol. The third kappa shape index (κ3) is 4.60. The van der Waals surface area contributed by atoms with Gasteiger partial charge in [0.1, 0.15) is 11.4 Å². The fourth-order valence-electron chi connectivity index (χ4n) is 2.98. The Hall–Kier alpha value is -3.27.